The Bertz CT molecular complexity index is 544. The Morgan fingerprint density at radius 2 is 2.20 bits per heavy atom. The van der Waals surface area contributed by atoms with Gasteiger partial charge in [-0.1, -0.05) is 11.6 Å². The first kappa shape index (κ1) is 9.45. The second kappa shape index (κ2) is 3.24. The number of carbonyl (C=O) groups is 1. The van der Waals surface area contributed by atoms with Gasteiger partial charge in [0.2, 0.25) is 0 Å². The predicted octanol–water partition coefficient (Wildman–Crippen LogP) is 1.82. The van der Waals surface area contributed by atoms with E-state index in [1.54, 1.807) is 12.1 Å². The number of pyridine rings is 1. The van der Waals surface area contributed by atoms with E-state index in [0.29, 0.717) is 10.9 Å². The van der Waals surface area contributed by atoms with Crippen molar-refractivity contribution in [3.8, 4) is 0 Å². The number of nitrogen functional groups attached to an aromatic ring is 1. The van der Waals surface area contributed by atoms with Crippen molar-refractivity contribution in [2.24, 2.45) is 0 Å². The monoisotopic (exact) mass is 202 g/mol. The molecule has 0 atom stereocenters. The van der Waals surface area contributed by atoms with Gasteiger partial charge in [-0.05, 0) is 19.1 Å². The Hall–Kier alpha value is -2.10. The van der Waals surface area contributed by atoms with E-state index in [0.717, 1.165) is 5.56 Å². The Morgan fingerprint density at radius 1 is 1.47 bits per heavy atom. The van der Waals surface area contributed by atoms with Crippen molar-refractivity contribution < 1.29 is 9.90 Å². The molecule has 0 fully saturated rings. The van der Waals surface area contributed by atoms with Crippen molar-refractivity contribution in [1.29, 1.82) is 0 Å². The van der Waals surface area contributed by atoms with Crippen LogP contribution in [0.15, 0.2) is 24.4 Å². The minimum atomic E-state index is -1.02. The van der Waals surface area contributed by atoms with E-state index < -0.39 is 5.97 Å². The zero-order valence-corrected chi connectivity index (χ0v) is 8.19. The molecule has 0 aliphatic heterocycles. The molecule has 0 radical (unpaired) electrons. The number of aromatic carboxylic acids is 1. The van der Waals surface area contributed by atoms with Gasteiger partial charge in [-0.25, -0.2) is 4.79 Å². The third-order valence-electron chi connectivity index (χ3n) is 2.27. The Balaban J connectivity index is 2.90. The minimum absolute atomic E-state index is 0.128. The van der Waals surface area contributed by atoms with Crippen molar-refractivity contribution in [1.82, 2.24) is 4.98 Å². The van der Waals surface area contributed by atoms with E-state index in [4.69, 9.17) is 10.8 Å². The molecule has 1 aromatic heterocycles. The Morgan fingerprint density at radius 3 is 2.87 bits per heavy atom. The van der Waals surface area contributed by atoms with Gasteiger partial charge in [0.15, 0.2) is 0 Å². The van der Waals surface area contributed by atoms with Crippen LogP contribution < -0.4 is 5.73 Å². The number of anilines is 1. The quantitative estimate of drug-likeness (QED) is 0.739. The summed E-state index contributed by atoms with van der Waals surface area (Å²) in [5.74, 6) is -1.02. The largest absolute Gasteiger partial charge is 0.478 e. The fourth-order valence-electron chi connectivity index (χ4n) is 1.56. The van der Waals surface area contributed by atoms with Crippen LogP contribution in [0.3, 0.4) is 0 Å². The van der Waals surface area contributed by atoms with Crippen molar-refractivity contribution in [3.05, 3.63) is 35.5 Å². The molecular weight excluding hydrogens is 192 g/mol. The molecule has 15 heavy (non-hydrogen) atoms. The Kier molecular flexibility index (Phi) is 2.04. The summed E-state index contributed by atoms with van der Waals surface area (Å²) in [7, 11) is 0. The van der Waals surface area contributed by atoms with Crippen LogP contribution in [0.2, 0.25) is 0 Å². The van der Waals surface area contributed by atoms with Crippen molar-refractivity contribution in [2.75, 3.05) is 5.73 Å². The van der Waals surface area contributed by atoms with E-state index >= 15 is 0 Å². The molecule has 0 unspecified atom stereocenters. The number of nitrogens with zero attached hydrogens (tertiary/aromatic N) is 1. The molecule has 1 heterocycles. The summed E-state index contributed by atoms with van der Waals surface area (Å²) >= 11 is 0. The lowest BCUT2D eigenvalue weighted by molar-refractivity contribution is 0.0700. The van der Waals surface area contributed by atoms with Gasteiger partial charge in [0.25, 0.3) is 0 Å². The van der Waals surface area contributed by atoms with Crippen molar-refractivity contribution >= 4 is 22.6 Å². The first-order valence-electron chi connectivity index (χ1n) is 4.47. The van der Waals surface area contributed by atoms with Gasteiger partial charge < -0.3 is 10.8 Å². The van der Waals surface area contributed by atoms with Gasteiger partial charge in [0.05, 0.1) is 23.0 Å². The van der Waals surface area contributed by atoms with Gasteiger partial charge in [0, 0.05) is 5.39 Å². The van der Waals surface area contributed by atoms with Crippen LogP contribution in [0.4, 0.5) is 5.69 Å². The molecular formula is C11H10N2O2. The highest BCUT2D eigenvalue weighted by molar-refractivity contribution is 6.07. The van der Waals surface area contributed by atoms with Gasteiger partial charge >= 0.3 is 5.97 Å². The first-order chi connectivity index (χ1) is 7.09. The molecule has 2 rings (SSSR count). The van der Waals surface area contributed by atoms with Gasteiger partial charge in [0.1, 0.15) is 0 Å². The molecule has 0 spiro atoms. The normalized spacial score (nSPS) is 10.5. The summed E-state index contributed by atoms with van der Waals surface area (Å²) in [6.07, 6.45) is 1.38. The summed E-state index contributed by atoms with van der Waals surface area (Å²) in [5.41, 5.74) is 7.55. The number of nitrogens with two attached hydrogens (primary N) is 1. The van der Waals surface area contributed by atoms with E-state index in [2.05, 4.69) is 4.98 Å². The number of rotatable bonds is 1. The number of benzene rings is 1. The maximum atomic E-state index is 11.0. The molecule has 4 nitrogen and oxygen atoms in total. The summed E-state index contributed by atoms with van der Waals surface area (Å²) in [4.78, 5) is 15.1. The lowest BCUT2D eigenvalue weighted by Gasteiger charge is -2.05. The van der Waals surface area contributed by atoms with E-state index in [9.17, 15) is 4.79 Å². The molecule has 3 N–H and O–H groups in total. The molecule has 0 saturated heterocycles. The molecule has 4 heteroatoms. The topological polar surface area (TPSA) is 76.2 Å². The number of fused-ring (bicyclic) bond motifs is 1. The highest BCUT2D eigenvalue weighted by atomic mass is 16.4. The molecule has 0 amide bonds. The van der Waals surface area contributed by atoms with Crippen molar-refractivity contribution in [3.63, 3.8) is 0 Å². The van der Waals surface area contributed by atoms with Gasteiger partial charge in [-0.2, -0.15) is 0 Å². The number of aryl methyl sites for hydroxylation is 1. The lowest BCUT2D eigenvalue weighted by atomic mass is 10.1. The van der Waals surface area contributed by atoms with E-state index in [1.807, 2.05) is 13.0 Å². The average Bonchev–Trinajstić information content (AvgIpc) is 2.16. The molecule has 0 saturated carbocycles. The summed E-state index contributed by atoms with van der Waals surface area (Å²) in [6, 6.07) is 5.45. The summed E-state index contributed by atoms with van der Waals surface area (Å²) < 4.78 is 0. The van der Waals surface area contributed by atoms with Crippen LogP contribution in [0.25, 0.3) is 10.9 Å². The maximum Gasteiger partial charge on any atom is 0.338 e. The molecule has 2 aromatic rings. The van der Waals surface area contributed by atoms with E-state index in [-0.39, 0.29) is 11.3 Å². The van der Waals surface area contributed by atoms with Crippen molar-refractivity contribution in [2.45, 2.75) is 6.92 Å². The first-order valence-corrected chi connectivity index (χ1v) is 4.47. The predicted molar refractivity (Wildman–Crippen MR) is 57.9 cm³/mol. The zero-order chi connectivity index (χ0) is 11.0. The smallest absolute Gasteiger partial charge is 0.338 e. The SMILES string of the molecule is Cc1ccc2ncc(N)c(C(=O)O)c2c1. The average molecular weight is 202 g/mol. The number of aromatic nitrogens is 1. The summed E-state index contributed by atoms with van der Waals surface area (Å²) in [6.45, 7) is 1.90. The molecule has 0 aliphatic carbocycles. The third-order valence-corrected chi connectivity index (χ3v) is 2.27. The number of carboxylic acids is 1. The van der Waals surface area contributed by atoms with Crippen LogP contribution >= 0.6 is 0 Å². The van der Waals surface area contributed by atoms with Gasteiger partial charge in [-0.15, -0.1) is 0 Å². The fourth-order valence-corrected chi connectivity index (χ4v) is 1.56. The fraction of sp³-hybridized carbons (Fsp3) is 0.0909. The number of hydrogen-bond acceptors (Lipinski definition) is 3. The van der Waals surface area contributed by atoms with Crippen LogP contribution in [-0.4, -0.2) is 16.1 Å². The van der Waals surface area contributed by atoms with Crippen LogP contribution in [0.5, 0.6) is 0 Å². The standard InChI is InChI=1S/C11H10N2O2/c1-6-2-3-9-7(4-6)10(11(14)15)8(12)5-13-9/h2-5H,12H2,1H3,(H,14,15). The van der Waals surface area contributed by atoms with Crippen LogP contribution in [0, 0.1) is 6.92 Å². The lowest BCUT2D eigenvalue weighted by Crippen LogP contribution is -2.04. The number of carboxylic acid groups (broad SMARTS) is 1. The minimum Gasteiger partial charge on any atom is -0.478 e. The van der Waals surface area contributed by atoms with Gasteiger partial charge in [-0.3, -0.25) is 4.98 Å². The van der Waals surface area contributed by atoms with Crippen LogP contribution in [0.1, 0.15) is 15.9 Å². The molecule has 76 valence electrons. The molecule has 1 aromatic carbocycles. The highest BCUT2D eigenvalue weighted by Crippen LogP contribution is 2.23. The number of hydrogen-bond donors (Lipinski definition) is 2. The second-order valence-corrected chi connectivity index (χ2v) is 3.41. The molecule has 0 bridgehead atoms. The van der Waals surface area contributed by atoms with E-state index in [1.165, 1.54) is 6.20 Å². The maximum absolute atomic E-state index is 11.0. The summed E-state index contributed by atoms with van der Waals surface area (Å²) in [5, 5.41) is 9.63. The second-order valence-electron chi connectivity index (χ2n) is 3.41. The van der Waals surface area contributed by atoms with Crippen LogP contribution in [-0.2, 0) is 0 Å². The molecule has 0 aliphatic rings. The third kappa shape index (κ3) is 1.50. The highest BCUT2D eigenvalue weighted by Gasteiger charge is 2.13. The Labute approximate surface area is 86.4 Å². The zero-order valence-electron chi connectivity index (χ0n) is 8.19.